The summed E-state index contributed by atoms with van der Waals surface area (Å²) in [6.07, 6.45) is 1.37. The number of imide groups is 2. The van der Waals surface area contributed by atoms with Crippen molar-refractivity contribution in [2.24, 2.45) is 0 Å². The van der Waals surface area contributed by atoms with Gasteiger partial charge in [-0.1, -0.05) is 41.9 Å². The molecule has 1 N–H and O–H groups in total. The molecule has 5 rings (SSSR count). The standard InChI is InChI=1S/C33H25ClIN3O8/c1-2-44-29-17-21(16-28(35)30(29)46-18-20-6-5-8-24(14-20)38(42)43)15-26-31(39)36-33(41)37(32(26)40)23-10-12-25(13-11-23)45-19-22-7-3-4-9-27(22)34/h3-17H,2,18-19H2,1H3,(H,36,39,41)/b26-15+. The van der Waals surface area contributed by atoms with Gasteiger partial charge in [-0.15, -0.1) is 0 Å². The van der Waals surface area contributed by atoms with Crippen LogP contribution in [-0.2, 0) is 22.8 Å². The molecular weight excluding hydrogens is 729 g/mol. The number of hydrogen-bond acceptors (Lipinski definition) is 8. The summed E-state index contributed by atoms with van der Waals surface area (Å²) < 4.78 is 18.2. The highest BCUT2D eigenvalue weighted by molar-refractivity contribution is 14.1. The van der Waals surface area contributed by atoms with Crippen LogP contribution in [0.2, 0.25) is 5.02 Å². The van der Waals surface area contributed by atoms with Gasteiger partial charge in [0, 0.05) is 22.7 Å². The van der Waals surface area contributed by atoms with Gasteiger partial charge in [-0.25, -0.2) is 9.69 Å². The Labute approximate surface area is 282 Å². The second-order valence-corrected chi connectivity index (χ2v) is 11.4. The second kappa shape index (κ2) is 14.4. The Kier molecular flexibility index (Phi) is 10.2. The number of benzene rings is 4. The number of urea groups is 1. The fourth-order valence-corrected chi connectivity index (χ4v) is 5.49. The van der Waals surface area contributed by atoms with E-state index in [0.717, 1.165) is 10.5 Å². The molecule has 0 radical (unpaired) electrons. The Balaban J connectivity index is 1.36. The van der Waals surface area contributed by atoms with Crippen LogP contribution in [0.5, 0.6) is 17.2 Å². The summed E-state index contributed by atoms with van der Waals surface area (Å²) in [6.45, 7) is 2.35. The molecule has 0 bridgehead atoms. The lowest BCUT2D eigenvalue weighted by molar-refractivity contribution is -0.384. The fraction of sp³-hybridized carbons (Fsp3) is 0.121. The summed E-state index contributed by atoms with van der Waals surface area (Å²) in [7, 11) is 0. The largest absolute Gasteiger partial charge is 0.490 e. The Morgan fingerprint density at radius 1 is 0.935 bits per heavy atom. The van der Waals surface area contributed by atoms with Crippen LogP contribution < -0.4 is 24.4 Å². The van der Waals surface area contributed by atoms with Crippen molar-refractivity contribution in [3.05, 3.63) is 126 Å². The number of ether oxygens (including phenoxy) is 3. The van der Waals surface area contributed by atoms with E-state index in [-0.39, 0.29) is 30.2 Å². The lowest BCUT2D eigenvalue weighted by Gasteiger charge is -2.26. The molecule has 13 heteroatoms. The third-order valence-electron chi connectivity index (χ3n) is 6.70. The predicted molar refractivity (Wildman–Crippen MR) is 179 cm³/mol. The highest BCUT2D eigenvalue weighted by Gasteiger charge is 2.37. The van der Waals surface area contributed by atoms with Crippen LogP contribution in [-0.4, -0.2) is 29.4 Å². The minimum absolute atomic E-state index is 0.0417. The van der Waals surface area contributed by atoms with E-state index in [4.69, 9.17) is 25.8 Å². The maximum absolute atomic E-state index is 13.5. The summed E-state index contributed by atoms with van der Waals surface area (Å²) in [5.74, 6) is -0.423. The Morgan fingerprint density at radius 3 is 2.41 bits per heavy atom. The van der Waals surface area contributed by atoms with Crippen molar-refractivity contribution in [3.63, 3.8) is 0 Å². The van der Waals surface area contributed by atoms with E-state index in [1.54, 1.807) is 49.4 Å². The molecule has 0 aliphatic carbocycles. The first-order valence-corrected chi connectivity index (χ1v) is 15.3. The van der Waals surface area contributed by atoms with Crippen LogP contribution >= 0.6 is 34.2 Å². The SMILES string of the molecule is CCOc1cc(/C=C2\C(=O)NC(=O)N(c3ccc(OCc4ccccc4Cl)cc3)C2=O)cc(I)c1OCc1cccc([N+](=O)[O-])c1. The zero-order chi connectivity index (χ0) is 32.8. The number of nitrogens with one attached hydrogen (secondary N) is 1. The second-order valence-electron chi connectivity index (χ2n) is 9.81. The number of nitro groups is 1. The monoisotopic (exact) mass is 753 g/mol. The van der Waals surface area contributed by atoms with Crippen LogP contribution in [0, 0.1) is 13.7 Å². The number of hydrogen-bond donors (Lipinski definition) is 1. The molecule has 46 heavy (non-hydrogen) atoms. The maximum Gasteiger partial charge on any atom is 0.335 e. The highest BCUT2D eigenvalue weighted by atomic mass is 127. The van der Waals surface area contributed by atoms with Gasteiger partial charge in [0.05, 0.1) is 20.8 Å². The number of carbonyl (C=O) groups is 3. The summed E-state index contributed by atoms with van der Waals surface area (Å²) in [5.41, 5.74) is 1.77. The first kappa shape index (κ1) is 32.4. The summed E-state index contributed by atoms with van der Waals surface area (Å²) in [6, 6.07) is 22.1. The van der Waals surface area contributed by atoms with Crippen LogP contribution in [0.15, 0.2) is 90.5 Å². The fourth-order valence-electron chi connectivity index (χ4n) is 4.52. The van der Waals surface area contributed by atoms with Crippen LogP contribution in [0.25, 0.3) is 6.08 Å². The zero-order valence-corrected chi connectivity index (χ0v) is 27.1. The van der Waals surface area contributed by atoms with Gasteiger partial charge in [-0.2, -0.15) is 0 Å². The molecule has 1 aliphatic rings. The molecule has 1 aliphatic heterocycles. The third kappa shape index (κ3) is 7.46. The quantitative estimate of drug-likeness (QED) is 0.0565. The van der Waals surface area contributed by atoms with Gasteiger partial charge < -0.3 is 14.2 Å². The molecule has 0 aromatic heterocycles. The number of barbiturate groups is 1. The van der Waals surface area contributed by atoms with Crippen molar-refractivity contribution in [2.45, 2.75) is 20.1 Å². The van der Waals surface area contributed by atoms with Crippen molar-refractivity contribution < 1.29 is 33.5 Å². The topological polar surface area (TPSA) is 137 Å². The van der Waals surface area contributed by atoms with Gasteiger partial charge in [-0.05, 0) is 89.2 Å². The Morgan fingerprint density at radius 2 is 1.70 bits per heavy atom. The molecule has 234 valence electrons. The number of anilines is 1. The number of amides is 4. The molecule has 1 fully saturated rings. The van der Waals surface area contributed by atoms with Crippen LogP contribution in [0.3, 0.4) is 0 Å². The zero-order valence-electron chi connectivity index (χ0n) is 24.2. The molecule has 1 saturated heterocycles. The summed E-state index contributed by atoms with van der Waals surface area (Å²) in [5, 5.41) is 13.9. The van der Waals surface area contributed by atoms with Crippen molar-refractivity contribution in [1.29, 1.82) is 0 Å². The lowest BCUT2D eigenvalue weighted by atomic mass is 10.1. The Hall–Kier alpha value is -4.95. The minimum Gasteiger partial charge on any atom is -0.490 e. The smallest absolute Gasteiger partial charge is 0.335 e. The van der Waals surface area contributed by atoms with E-state index in [1.165, 1.54) is 30.3 Å². The number of carbonyl (C=O) groups excluding carboxylic acids is 3. The molecule has 4 aromatic rings. The van der Waals surface area contributed by atoms with Gasteiger partial charge in [0.2, 0.25) is 0 Å². The highest BCUT2D eigenvalue weighted by Crippen LogP contribution is 2.36. The van der Waals surface area contributed by atoms with Crippen LogP contribution in [0.4, 0.5) is 16.2 Å². The average molecular weight is 754 g/mol. The van der Waals surface area contributed by atoms with Gasteiger partial charge in [0.25, 0.3) is 17.5 Å². The summed E-state index contributed by atoms with van der Waals surface area (Å²) >= 11 is 8.23. The normalized spacial score (nSPS) is 13.8. The van der Waals surface area contributed by atoms with Crippen LogP contribution in [0.1, 0.15) is 23.6 Å². The maximum atomic E-state index is 13.5. The van der Waals surface area contributed by atoms with Gasteiger partial charge >= 0.3 is 6.03 Å². The number of nitro benzene ring substituents is 1. The Bertz CT molecular complexity index is 1860. The van der Waals surface area contributed by atoms with E-state index >= 15 is 0 Å². The lowest BCUT2D eigenvalue weighted by Crippen LogP contribution is -2.54. The number of rotatable bonds is 11. The molecule has 4 aromatic carbocycles. The number of non-ortho nitro benzene ring substituents is 1. The molecule has 0 atom stereocenters. The molecule has 0 spiro atoms. The van der Waals surface area contributed by atoms with E-state index < -0.39 is 22.8 Å². The molecule has 1 heterocycles. The van der Waals surface area contributed by atoms with E-state index in [0.29, 0.717) is 43.6 Å². The van der Waals surface area contributed by atoms with E-state index in [9.17, 15) is 24.5 Å². The summed E-state index contributed by atoms with van der Waals surface area (Å²) in [4.78, 5) is 50.6. The molecule has 0 unspecified atom stereocenters. The number of nitrogens with zero attached hydrogens (tertiary/aromatic N) is 2. The van der Waals surface area contributed by atoms with Crippen molar-refractivity contribution >= 4 is 69.5 Å². The van der Waals surface area contributed by atoms with Crippen molar-refractivity contribution in [1.82, 2.24) is 5.32 Å². The molecule has 0 saturated carbocycles. The molecule has 4 amide bonds. The van der Waals surface area contributed by atoms with Gasteiger partial charge in [-0.3, -0.25) is 25.0 Å². The van der Waals surface area contributed by atoms with Crippen molar-refractivity contribution in [3.8, 4) is 17.2 Å². The molecule has 11 nitrogen and oxygen atoms in total. The predicted octanol–water partition coefficient (Wildman–Crippen LogP) is 7.08. The van der Waals surface area contributed by atoms with Gasteiger partial charge in [0.1, 0.15) is 24.5 Å². The minimum atomic E-state index is -0.883. The van der Waals surface area contributed by atoms with E-state index in [1.807, 2.05) is 40.8 Å². The van der Waals surface area contributed by atoms with E-state index in [2.05, 4.69) is 5.32 Å². The first-order valence-electron chi connectivity index (χ1n) is 13.8. The third-order valence-corrected chi connectivity index (χ3v) is 7.87. The average Bonchev–Trinajstić information content (AvgIpc) is 3.03. The molecular formula is C33H25ClIN3O8. The van der Waals surface area contributed by atoms with Crippen molar-refractivity contribution in [2.75, 3.05) is 11.5 Å². The first-order chi connectivity index (χ1) is 22.1. The van der Waals surface area contributed by atoms with Gasteiger partial charge in [0.15, 0.2) is 11.5 Å². The number of halogens is 2.